The Balaban J connectivity index is 1.47. The van der Waals surface area contributed by atoms with Crippen molar-refractivity contribution in [3.05, 3.63) is 46.8 Å². The Labute approximate surface area is 155 Å². The summed E-state index contributed by atoms with van der Waals surface area (Å²) in [5, 5.41) is 7.41. The van der Waals surface area contributed by atoms with Crippen LogP contribution in [0.25, 0.3) is 0 Å². The summed E-state index contributed by atoms with van der Waals surface area (Å²) in [5.74, 6) is 0.0846. The van der Waals surface area contributed by atoms with Gasteiger partial charge >= 0.3 is 0 Å². The zero-order valence-corrected chi connectivity index (χ0v) is 16.4. The van der Waals surface area contributed by atoms with Gasteiger partial charge in [0.25, 0.3) is 5.91 Å². The summed E-state index contributed by atoms with van der Waals surface area (Å²) in [6, 6.07) is 8.77. The Morgan fingerprint density at radius 2 is 1.85 bits per heavy atom. The fraction of sp³-hybridized carbons (Fsp3) is 0.500. The molecule has 0 unspecified atom stereocenters. The van der Waals surface area contributed by atoms with E-state index >= 15 is 0 Å². The van der Waals surface area contributed by atoms with E-state index in [1.54, 1.807) is 4.90 Å². The van der Waals surface area contributed by atoms with Gasteiger partial charge < -0.3 is 15.1 Å². The number of amides is 1. The molecule has 1 fully saturated rings. The van der Waals surface area contributed by atoms with Gasteiger partial charge in [0.15, 0.2) is 6.54 Å². The van der Waals surface area contributed by atoms with Crippen LogP contribution in [0.5, 0.6) is 0 Å². The molecule has 0 aliphatic carbocycles. The predicted molar refractivity (Wildman–Crippen MR) is 102 cm³/mol. The number of quaternary nitrogens is 2. The molecule has 1 amide bonds. The lowest BCUT2D eigenvalue weighted by atomic mass is 10.1. The van der Waals surface area contributed by atoms with Crippen molar-refractivity contribution in [3.8, 4) is 0 Å². The topological polar surface area (TPSA) is 55.8 Å². The van der Waals surface area contributed by atoms with Gasteiger partial charge in [-0.25, -0.2) is 0 Å². The average molecular weight is 358 g/mol. The van der Waals surface area contributed by atoms with Gasteiger partial charge in [0, 0.05) is 12.6 Å². The van der Waals surface area contributed by atoms with Gasteiger partial charge in [-0.15, -0.1) is 0 Å². The van der Waals surface area contributed by atoms with E-state index in [2.05, 4.69) is 41.6 Å². The maximum atomic E-state index is 12.4. The van der Waals surface area contributed by atoms with E-state index in [0.29, 0.717) is 6.54 Å². The van der Waals surface area contributed by atoms with Crippen LogP contribution in [-0.4, -0.2) is 48.4 Å². The molecule has 0 radical (unpaired) electrons. The second-order valence-electron chi connectivity index (χ2n) is 7.56. The molecule has 3 rings (SSSR count). The van der Waals surface area contributed by atoms with Crippen LogP contribution in [0.15, 0.2) is 24.3 Å². The number of hydrogen-bond donors (Lipinski definition) is 3. The highest BCUT2D eigenvalue weighted by Gasteiger charge is 2.25. The third kappa shape index (κ3) is 4.51. The Morgan fingerprint density at radius 3 is 2.46 bits per heavy atom. The number of aryl methyl sites for hydroxylation is 3. The number of nitrogens with one attached hydrogen (secondary N) is 3. The van der Waals surface area contributed by atoms with Gasteiger partial charge in [0.2, 0.25) is 0 Å². The first-order chi connectivity index (χ1) is 12.4. The van der Waals surface area contributed by atoms with Crippen LogP contribution in [0.3, 0.4) is 0 Å². The molecule has 140 valence electrons. The second-order valence-corrected chi connectivity index (χ2v) is 7.56. The largest absolute Gasteiger partial charge is 0.322 e. The molecule has 2 heterocycles. The van der Waals surface area contributed by atoms with Gasteiger partial charge in [-0.3, -0.25) is 9.48 Å². The van der Waals surface area contributed by atoms with Crippen molar-refractivity contribution in [2.24, 2.45) is 7.05 Å². The minimum atomic E-state index is 0.0846. The number of carbonyl (C=O) groups is 1. The van der Waals surface area contributed by atoms with Crippen LogP contribution in [0.2, 0.25) is 0 Å². The number of carbonyl (C=O) groups excluding carboxylic acids is 1. The summed E-state index contributed by atoms with van der Waals surface area (Å²) in [6.07, 6.45) is 0. The summed E-state index contributed by atoms with van der Waals surface area (Å²) < 4.78 is 1.81. The lowest BCUT2D eigenvalue weighted by molar-refractivity contribution is -1.02. The molecule has 0 atom stereocenters. The fourth-order valence-electron chi connectivity index (χ4n) is 3.79. The number of nitrogens with zero attached hydrogens (tertiary/aromatic N) is 2. The van der Waals surface area contributed by atoms with Gasteiger partial charge in [-0.1, -0.05) is 29.8 Å². The van der Waals surface area contributed by atoms with Crippen molar-refractivity contribution in [1.29, 1.82) is 0 Å². The van der Waals surface area contributed by atoms with E-state index in [0.717, 1.165) is 49.8 Å². The molecule has 3 N–H and O–H groups in total. The Kier molecular flexibility index (Phi) is 5.74. The van der Waals surface area contributed by atoms with E-state index in [-0.39, 0.29) is 5.91 Å². The van der Waals surface area contributed by atoms with E-state index in [1.807, 2.05) is 25.6 Å². The molecule has 6 nitrogen and oxygen atoms in total. The highest BCUT2D eigenvalue weighted by Crippen LogP contribution is 2.17. The Morgan fingerprint density at radius 1 is 1.15 bits per heavy atom. The first kappa shape index (κ1) is 18.6. The van der Waals surface area contributed by atoms with E-state index in [1.165, 1.54) is 16.0 Å². The zero-order valence-electron chi connectivity index (χ0n) is 16.4. The van der Waals surface area contributed by atoms with Crippen molar-refractivity contribution < 1.29 is 14.6 Å². The maximum absolute atomic E-state index is 12.4. The molecular weight excluding hydrogens is 326 g/mol. The standard InChI is InChI=1S/C20H29N5O/c1-15-6-5-7-18(12-15)13-24-8-10-25(11-9-24)14-19(26)21-20-16(2)22-23(4)17(20)3/h5-7,12H,8-11,13-14H2,1-4H3,(H,21,26)/p+2. The van der Waals surface area contributed by atoms with Crippen molar-refractivity contribution in [2.45, 2.75) is 27.3 Å². The lowest BCUT2D eigenvalue weighted by Crippen LogP contribution is -3.28. The third-order valence-electron chi connectivity index (χ3n) is 5.38. The number of aromatic nitrogens is 2. The van der Waals surface area contributed by atoms with Gasteiger partial charge in [0.1, 0.15) is 32.7 Å². The maximum Gasteiger partial charge on any atom is 0.279 e. The van der Waals surface area contributed by atoms with Crippen molar-refractivity contribution in [2.75, 3.05) is 38.0 Å². The lowest BCUT2D eigenvalue weighted by Gasteiger charge is -2.29. The summed E-state index contributed by atoms with van der Waals surface area (Å²) in [4.78, 5) is 15.4. The number of hydrogen-bond acceptors (Lipinski definition) is 2. The minimum Gasteiger partial charge on any atom is -0.322 e. The molecule has 1 aromatic heterocycles. The minimum absolute atomic E-state index is 0.0846. The number of benzene rings is 1. The first-order valence-corrected chi connectivity index (χ1v) is 9.45. The van der Waals surface area contributed by atoms with Crippen LogP contribution in [-0.2, 0) is 18.4 Å². The Bertz CT molecular complexity index is 775. The SMILES string of the molecule is Cc1cccc(C[NH+]2CC[NH+](CC(=O)Nc3c(C)nn(C)c3C)CC2)c1. The summed E-state index contributed by atoms with van der Waals surface area (Å²) in [6.45, 7) is 12.0. The van der Waals surface area contributed by atoms with Crippen LogP contribution < -0.4 is 15.1 Å². The molecule has 6 heteroatoms. The van der Waals surface area contributed by atoms with Gasteiger partial charge in [-0.05, 0) is 20.8 Å². The van der Waals surface area contributed by atoms with Gasteiger partial charge in [-0.2, -0.15) is 5.10 Å². The van der Waals surface area contributed by atoms with Gasteiger partial charge in [0.05, 0.1) is 17.1 Å². The molecule has 2 aromatic rings. The smallest absolute Gasteiger partial charge is 0.279 e. The molecule has 1 aromatic carbocycles. The quantitative estimate of drug-likeness (QED) is 0.661. The van der Waals surface area contributed by atoms with Crippen LogP contribution in [0.4, 0.5) is 5.69 Å². The molecule has 26 heavy (non-hydrogen) atoms. The summed E-state index contributed by atoms with van der Waals surface area (Å²) in [5.41, 5.74) is 5.46. The molecule has 1 aliphatic heterocycles. The number of piperazine rings is 1. The predicted octanol–water partition coefficient (Wildman–Crippen LogP) is -0.733. The number of anilines is 1. The third-order valence-corrected chi connectivity index (χ3v) is 5.38. The zero-order chi connectivity index (χ0) is 18.7. The molecule has 0 saturated carbocycles. The van der Waals surface area contributed by atoms with E-state index < -0.39 is 0 Å². The van der Waals surface area contributed by atoms with Crippen molar-refractivity contribution in [1.82, 2.24) is 9.78 Å². The van der Waals surface area contributed by atoms with Crippen LogP contribution >= 0.6 is 0 Å². The molecule has 1 saturated heterocycles. The fourth-order valence-corrected chi connectivity index (χ4v) is 3.79. The summed E-state index contributed by atoms with van der Waals surface area (Å²) in [7, 11) is 1.90. The molecule has 0 bridgehead atoms. The highest BCUT2D eigenvalue weighted by atomic mass is 16.2. The van der Waals surface area contributed by atoms with E-state index in [4.69, 9.17) is 0 Å². The van der Waals surface area contributed by atoms with E-state index in [9.17, 15) is 4.79 Å². The number of rotatable bonds is 5. The monoisotopic (exact) mass is 357 g/mol. The highest BCUT2D eigenvalue weighted by molar-refractivity contribution is 5.92. The second kappa shape index (κ2) is 8.01. The molecular formula is C20H31N5O+2. The van der Waals surface area contributed by atoms with Crippen LogP contribution in [0, 0.1) is 20.8 Å². The molecule has 0 spiro atoms. The first-order valence-electron chi connectivity index (χ1n) is 9.45. The average Bonchev–Trinajstić information content (AvgIpc) is 2.83. The molecule has 1 aliphatic rings. The van der Waals surface area contributed by atoms with Crippen molar-refractivity contribution >= 4 is 11.6 Å². The summed E-state index contributed by atoms with van der Waals surface area (Å²) >= 11 is 0. The van der Waals surface area contributed by atoms with Crippen molar-refractivity contribution in [3.63, 3.8) is 0 Å². The van der Waals surface area contributed by atoms with Crippen LogP contribution in [0.1, 0.15) is 22.5 Å². The normalized spacial score (nSPS) is 20.2. The Hall–Kier alpha value is -2.18.